The highest BCUT2D eigenvalue weighted by Gasteiger charge is 2.41. The van der Waals surface area contributed by atoms with Gasteiger partial charge in [-0.05, 0) is 44.4 Å². The highest BCUT2D eigenvalue weighted by Crippen LogP contribution is 2.45. The van der Waals surface area contributed by atoms with E-state index in [-0.39, 0.29) is 0 Å². The zero-order valence-corrected chi connectivity index (χ0v) is 10.4. The largest absolute Gasteiger partial charge is 0.481 e. The van der Waals surface area contributed by atoms with E-state index >= 15 is 0 Å². The first-order valence-corrected chi connectivity index (χ1v) is 6.42. The Kier molecular flexibility index (Phi) is 2.65. The summed E-state index contributed by atoms with van der Waals surface area (Å²) in [7, 11) is 1.64. The van der Waals surface area contributed by atoms with Crippen LogP contribution < -0.4 is 10.1 Å². The van der Waals surface area contributed by atoms with E-state index in [0.29, 0.717) is 11.9 Å². The van der Waals surface area contributed by atoms with Gasteiger partial charge in [0.25, 0.3) is 0 Å². The van der Waals surface area contributed by atoms with Gasteiger partial charge >= 0.3 is 0 Å². The van der Waals surface area contributed by atoms with Crippen molar-refractivity contribution in [3.05, 3.63) is 11.9 Å². The minimum atomic E-state index is 0.619. The molecular formula is C13H19N3O. The molecule has 17 heavy (non-hydrogen) atoms. The summed E-state index contributed by atoms with van der Waals surface area (Å²) < 4.78 is 5.18. The average molecular weight is 233 g/mol. The molecule has 2 aliphatic carbocycles. The lowest BCUT2D eigenvalue weighted by atomic mass is 10.1. The zero-order chi connectivity index (χ0) is 11.8. The van der Waals surface area contributed by atoms with E-state index in [4.69, 9.17) is 4.74 Å². The van der Waals surface area contributed by atoms with E-state index in [2.05, 4.69) is 15.3 Å². The molecule has 0 aliphatic heterocycles. The topological polar surface area (TPSA) is 47.0 Å². The molecule has 2 aliphatic rings. The lowest BCUT2D eigenvalue weighted by Crippen LogP contribution is -2.25. The van der Waals surface area contributed by atoms with Crippen LogP contribution in [-0.4, -0.2) is 23.1 Å². The third-order valence-electron chi connectivity index (χ3n) is 3.60. The van der Waals surface area contributed by atoms with Crippen LogP contribution in [0.25, 0.3) is 0 Å². The Hall–Kier alpha value is -1.32. The predicted octanol–water partition coefficient (Wildman–Crippen LogP) is 2.39. The third kappa shape index (κ3) is 2.51. The Morgan fingerprint density at radius 2 is 1.88 bits per heavy atom. The number of anilines is 1. The lowest BCUT2D eigenvalue weighted by Gasteiger charge is -2.18. The predicted molar refractivity (Wildman–Crippen MR) is 66.2 cm³/mol. The van der Waals surface area contributed by atoms with Gasteiger partial charge in [-0.25, -0.2) is 4.98 Å². The standard InChI is InChI=1S/C13H19N3O/c1-8-14-11(7-12(15-8)17-2)16-13(9-3-4-9)10-5-6-10/h7,9-10,13H,3-6H2,1-2H3,(H,14,15,16). The summed E-state index contributed by atoms with van der Waals surface area (Å²) in [6, 6.07) is 2.51. The molecule has 2 fully saturated rings. The summed E-state index contributed by atoms with van der Waals surface area (Å²) in [5.74, 6) is 4.05. The molecule has 0 bridgehead atoms. The first-order chi connectivity index (χ1) is 8.26. The number of ether oxygens (including phenoxy) is 1. The zero-order valence-electron chi connectivity index (χ0n) is 10.4. The van der Waals surface area contributed by atoms with Gasteiger partial charge in [-0.2, -0.15) is 4.98 Å². The molecule has 1 heterocycles. The smallest absolute Gasteiger partial charge is 0.218 e. The molecular weight excluding hydrogens is 214 g/mol. The number of hydrogen-bond acceptors (Lipinski definition) is 4. The Bertz CT molecular complexity index is 401. The molecule has 2 saturated carbocycles. The van der Waals surface area contributed by atoms with E-state index in [1.807, 2.05) is 13.0 Å². The number of methoxy groups -OCH3 is 1. The fourth-order valence-electron chi connectivity index (χ4n) is 2.42. The van der Waals surface area contributed by atoms with Crippen LogP contribution in [-0.2, 0) is 0 Å². The first kappa shape index (κ1) is 10.8. The fourth-order valence-corrected chi connectivity index (χ4v) is 2.42. The van der Waals surface area contributed by atoms with E-state index in [1.54, 1.807) is 7.11 Å². The maximum absolute atomic E-state index is 5.18. The van der Waals surface area contributed by atoms with Gasteiger partial charge in [0.15, 0.2) is 0 Å². The summed E-state index contributed by atoms with van der Waals surface area (Å²) in [6.07, 6.45) is 5.48. The van der Waals surface area contributed by atoms with Gasteiger partial charge in [0.1, 0.15) is 11.6 Å². The maximum Gasteiger partial charge on any atom is 0.218 e. The van der Waals surface area contributed by atoms with E-state index in [1.165, 1.54) is 25.7 Å². The molecule has 0 aromatic carbocycles. The molecule has 4 nitrogen and oxygen atoms in total. The van der Waals surface area contributed by atoms with Crippen molar-refractivity contribution in [3.8, 4) is 5.88 Å². The van der Waals surface area contributed by atoms with Gasteiger partial charge in [0, 0.05) is 12.1 Å². The molecule has 1 aromatic rings. The van der Waals surface area contributed by atoms with Gasteiger partial charge in [0.2, 0.25) is 5.88 Å². The van der Waals surface area contributed by atoms with E-state index in [0.717, 1.165) is 23.5 Å². The number of nitrogens with one attached hydrogen (secondary N) is 1. The minimum Gasteiger partial charge on any atom is -0.481 e. The fraction of sp³-hybridized carbons (Fsp3) is 0.692. The van der Waals surface area contributed by atoms with Crippen molar-refractivity contribution >= 4 is 5.82 Å². The van der Waals surface area contributed by atoms with E-state index in [9.17, 15) is 0 Å². The number of hydrogen-bond donors (Lipinski definition) is 1. The molecule has 0 spiro atoms. The molecule has 0 unspecified atom stereocenters. The quantitative estimate of drug-likeness (QED) is 0.848. The Morgan fingerprint density at radius 1 is 1.24 bits per heavy atom. The van der Waals surface area contributed by atoms with E-state index < -0.39 is 0 Å². The van der Waals surface area contributed by atoms with Crippen molar-refractivity contribution in [2.24, 2.45) is 11.8 Å². The first-order valence-electron chi connectivity index (χ1n) is 6.42. The van der Waals surface area contributed by atoms with Crippen LogP contribution in [0.4, 0.5) is 5.82 Å². The summed E-state index contributed by atoms with van der Waals surface area (Å²) in [4.78, 5) is 8.65. The van der Waals surface area contributed by atoms with Crippen molar-refractivity contribution in [1.82, 2.24) is 9.97 Å². The Morgan fingerprint density at radius 3 is 2.41 bits per heavy atom. The highest BCUT2D eigenvalue weighted by molar-refractivity contribution is 5.40. The SMILES string of the molecule is COc1cc(NC(C2CC2)C2CC2)nc(C)n1. The van der Waals surface area contributed by atoms with Crippen molar-refractivity contribution in [2.45, 2.75) is 38.6 Å². The molecule has 0 radical (unpaired) electrons. The van der Waals surface area contributed by atoms with Crippen LogP contribution in [0.3, 0.4) is 0 Å². The molecule has 92 valence electrons. The number of rotatable bonds is 5. The van der Waals surface area contributed by atoms with Gasteiger partial charge < -0.3 is 10.1 Å². The second kappa shape index (κ2) is 4.17. The van der Waals surface area contributed by atoms with Gasteiger partial charge in [-0.15, -0.1) is 0 Å². The van der Waals surface area contributed by atoms with Crippen LogP contribution in [0.5, 0.6) is 5.88 Å². The minimum absolute atomic E-state index is 0.619. The monoisotopic (exact) mass is 233 g/mol. The van der Waals surface area contributed by atoms with Crippen molar-refractivity contribution in [3.63, 3.8) is 0 Å². The van der Waals surface area contributed by atoms with Crippen LogP contribution >= 0.6 is 0 Å². The molecule has 0 saturated heterocycles. The van der Waals surface area contributed by atoms with Crippen LogP contribution in [0.2, 0.25) is 0 Å². The van der Waals surface area contributed by atoms with Crippen molar-refractivity contribution < 1.29 is 4.74 Å². The molecule has 1 aromatic heterocycles. The number of nitrogens with zero attached hydrogens (tertiary/aromatic N) is 2. The summed E-state index contributed by atoms with van der Waals surface area (Å²) in [5, 5.41) is 3.59. The summed E-state index contributed by atoms with van der Waals surface area (Å²) in [5.41, 5.74) is 0. The maximum atomic E-state index is 5.18. The number of aromatic nitrogens is 2. The third-order valence-corrected chi connectivity index (χ3v) is 3.60. The Labute approximate surface area is 102 Å². The molecule has 1 N–H and O–H groups in total. The lowest BCUT2D eigenvalue weighted by molar-refractivity contribution is 0.395. The average Bonchev–Trinajstić information content (AvgIpc) is 3.16. The second-order valence-electron chi connectivity index (χ2n) is 5.19. The van der Waals surface area contributed by atoms with Crippen molar-refractivity contribution in [2.75, 3.05) is 12.4 Å². The van der Waals surface area contributed by atoms with Crippen LogP contribution in [0.15, 0.2) is 6.07 Å². The summed E-state index contributed by atoms with van der Waals surface area (Å²) >= 11 is 0. The second-order valence-corrected chi connectivity index (χ2v) is 5.19. The Balaban J connectivity index is 1.76. The van der Waals surface area contributed by atoms with Crippen LogP contribution in [0, 0.1) is 18.8 Å². The molecule has 0 atom stereocenters. The van der Waals surface area contributed by atoms with Gasteiger partial charge in [-0.1, -0.05) is 0 Å². The van der Waals surface area contributed by atoms with Gasteiger partial charge in [-0.3, -0.25) is 0 Å². The normalized spacial score (nSPS) is 19.5. The molecule has 4 heteroatoms. The van der Waals surface area contributed by atoms with Gasteiger partial charge in [0.05, 0.1) is 7.11 Å². The molecule has 0 amide bonds. The molecule has 3 rings (SSSR count). The van der Waals surface area contributed by atoms with Crippen molar-refractivity contribution in [1.29, 1.82) is 0 Å². The number of aryl methyl sites for hydroxylation is 1. The van der Waals surface area contributed by atoms with Crippen LogP contribution in [0.1, 0.15) is 31.5 Å². The highest BCUT2D eigenvalue weighted by atomic mass is 16.5. The summed E-state index contributed by atoms with van der Waals surface area (Å²) in [6.45, 7) is 1.90.